The van der Waals surface area contributed by atoms with Crippen LogP contribution in [0.1, 0.15) is 24.3 Å². The summed E-state index contributed by atoms with van der Waals surface area (Å²) in [6.45, 7) is 3.67. The van der Waals surface area contributed by atoms with Crippen LogP contribution in [0.25, 0.3) is 0 Å². The first kappa shape index (κ1) is 12.6. The summed E-state index contributed by atoms with van der Waals surface area (Å²) < 4.78 is 4.74. The number of pyridine rings is 1. The fourth-order valence-corrected chi connectivity index (χ4v) is 1.37. The third kappa shape index (κ3) is 2.77. The number of ether oxygens (including phenoxy) is 1. The number of nitrogens with zero attached hydrogens (tertiary/aromatic N) is 1. The van der Waals surface area contributed by atoms with E-state index in [2.05, 4.69) is 4.98 Å². The van der Waals surface area contributed by atoms with Gasteiger partial charge in [0.25, 0.3) is 0 Å². The second kappa shape index (κ2) is 5.58. The molecular weight excluding hydrogens is 208 g/mol. The highest BCUT2D eigenvalue weighted by atomic mass is 16.5. The predicted octanol–water partition coefficient (Wildman–Crippen LogP) is 0.314. The first-order chi connectivity index (χ1) is 7.57. The third-order valence-corrected chi connectivity index (χ3v) is 2.27. The van der Waals surface area contributed by atoms with Gasteiger partial charge in [-0.3, -0.25) is 9.78 Å². The van der Waals surface area contributed by atoms with Crippen LogP contribution >= 0.6 is 0 Å². The van der Waals surface area contributed by atoms with Gasteiger partial charge in [-0.1, -0.05) is 6.07 Å². The number of esters is 1. The Bertz CT molecular complexity index is 368. The minimum atomic E-state index is -1.09. The molecule has 0 saturated carbocycles. The molecule has 0 aliphatic heterocycles. The molecule has 2 unspecified atom stereocenters. The van der Waals surface area contributed by atoms with Crippen LogP contribution in [0, 0.1) is 6.92 Å². The van der Waals surface area contributed by atoms with Crippen molar-refractivity contribution in [2.45, 2.75) is 26.0 Å². The highest BCUT2D eigenvalue weighted by molar-refractivity contribution is 5.76. The standard InChI is InChI=1S/C11H16N2O3/c1-3-16-11(15)9(12)10(14)8-5-4-6-13-7(8)2/h4-6,9-10,14H,3,12H2,1-2H3. The van der Waals surface area contributed by atoms with Gasteiger partial charge in [0.15, 0.2) is 0 Å². The fraction of sp³-hybridized carbons (Fsp3) is 0.455. The number of aliphatic hydroxyl groups excluding tert-OH is 1. The molecule has 1 aromatic heterocycles. The summed E-state index contributed by atoms with van der Waals surface area (Å²) in [6.07, 6.45) is 0.522. The molecule has 16 heavy (non-hydrogen) atoms. The number of aromatic nitrogens is 1. The van der Waals surface area contributed by atoms with E-state index in [0.29, 0.717) is 11.3 Å². The Morgan fingerprint density at radius 2 is 2.38 bits per heavy atom. The lowest BCUT2D eigenvalue weighted by atomic mass is 10.0. The van der Waals surface area contributed by atoms with Crippen molar-refractivity contribution in [1.29, 1.82) is 0 Å². The van der Waals surface area contributed by atoms with Gasteiger partial charge in [-0.25, -0.2) is 0 Å². The molecule has 0 aromatic carbocycles. The Labute approximate surface area is 94.2 Å². The lowest BCUT2D eigenvalue weighted by molar-refractivity contribution is -0.147. The fourth-order valence-electron chi connectivity index (χ4n) is 1.37. The van der Waals surface area contributed by atoms with Crippen molar-refractivity contribution >= 4 is 5.97 Å². The van der Waals surface area contributed by atoms with Gasteiger partial charge in [0.1, 0.15) is 12.1 Å². The SMILES string of the molecule is CCOC(=O)C(N)C(O)c1cccnc1C. The minimum Gasteiger partial charge on any atom is -0.465 e. The third-order valence-electron chi connectivity index (χ3n) is 2.27. The van der Waals surface area contributed by atoms with Crippen molar-refractivity contribution in [3.63, 3.8) is 0 Å². The van der Waals surface area contributed by atoms with Gasteiger partial charge in [-0.05, 0) is 19.9 Å². The maximum Gasteiger partial charge on any atom is 0.325 e. The summed E-state index contributed by atoms with van der Waals surface area (Å²) in [5.41, 5.74) is 6.79. The first-order valence-corrected chi connectivity index (χ1v) is 5.09. The molecule has 1 heterocycles. The molecule has 5 nitrogen and oxygen atoms in total. The van der Waals surface area contributed by atoms with E-state index in [1.54, 1.807) is 32.2 Å². The molecule has 2 atom stereocenters. The summed E-state index contributed by atoms with van der Waals surface area (Å²) in [5, 5.41) is 9.90. The second-order valence-electron chi connectivity index (χ2n) is 3.40. The van der Waals surface area contributed by atoms with Crippen LogP contribution in [0.2, 0.25) is 0 Å². The lowest BCUT2D eigenvalue weighted by Gasteiger charge is -2.18. The molecule has 1 rings (SSSR count). The number of aliphatic hydroxyl groups is 1. The van der Waals surface area contributed by atoms with Crippen LogP contribution in [0.3, 0.4) is 0 Å². The monoisotopic (exact) mass is 224 g/mol. The minimum absolute atomic E-state index is 0.241. The smallest absolute Gasteiger partial charge is 0.325 e. The van der Waals surface area contributed by atoms with Crippen LogP contribution in [0.5, 0.6) is 0 Å². The number of carbonyl (C=O) groups excluding carboxylic acids is 1. The van der Waals surface area contributed by atoms with E-state index >= 15 is 0 Å². The normalized spacial score (nSPS) is 14.2. The van der Waals surface area contributed by atoms with Gasteiger partial charge in [0.05, 0.1) is 6.61 Å². The highest BCUT2D eigenvalue weighted by Gasteiger charge is 2.26. The molecule has 1 aromatic rings. The molecule has 0 amide bonds. The van der Waals surface area contributed by atoms with Crippen LogP contribution in [-0.4, -0.2) is 28.7 Å². The summed E-state index contributed by atoms with van der Waals surface area (Å²) >= 11 is 0. The molecule has 0 radical (unpaired) electrons. The average molecular weight is 224 g/mol. The van der Waals surface area contributed by atoms with Crippen molar-refractivity contribution in [2.75, 3.05) is 6.61 Å². The quantitative estimate of drug-likeness (QED) is 0.719. The van der Waals surface area contributed by atoms with Crippen molar-refractivity contribution in [3.8, 4) is 0 Å². The van der Waals surface area contributed by atoms with Crippen LogP contribution in [-0.2, 0) is 9.53 Å². The molecule has 88 valence electrons. The number of hydrogen-bond acceptors (Lipinski definition) is 5. The molecule has 0 spiro atoms. The van der Waals surface area contributed by atoms with Gasteiger partial charge in [0, 0.05) is 17.5 Å². The van der Waals surface area contributed by atoms with Gasteiger partial charge < -0.3 is 15.6 Å². The molecule has 0 fully saturated rings. The highest BCUT2D eigenvalue weighted by Crippen LogP contribution is 2.18. The van der Waals surface area contributed by atoms with Crippen molar-refractivity contribution in [2.24, 2.45) is 5.73 Å². The van der Waals surface area contributed by atoms with E-state index in [0.717, 1.165) is 0 Å². The Morgan fingerprint density at radius 1 is 1.69 bits per heavy atom. The van der Waals surface area contributed by atoms with Crippen molar-refractivity contribution in [3.05, 3.63) is 29.6 Å². The molecule has 0 aliphatic carbocycles. The van der Waals surface area contributed by atoms with Crippen molar-refractivity contribution in [1.82, 2.24) is 4.98 Å². The summed E-state index contributed by atoms with van der Waals surface area (Å²) in [6, 6.07) is 2.29. The predicted molar refractivity (Wildman–Crippen MR) is 58.5 cm³/mol. The van der Waals surface area contributed by atoms with Gasteiger partial charge in [-0.2, -0.15) is 0 Å². The maximum atomic E-state index is 11.3. The first-order valence-electron chi connectivity index (χ1n) is 5.09. The Balaban J connectivity index is 2.82. The van der Waals surface area contributed by atoms with Gasteiger partial charge in [-0.15, -0.1) is 0 Å². The summed E-state index contributed by atoms with van der Waals surface area (Å²) in [7, 11) is 0. The van der Waals surface area contributed by atoms with Gasteiger partial charge in [0.2, 0.25) is 0 Å². The molecule has 5 heteroatoms. The molecular formula is C11H16N2O3. The Morgan fingerprint density at radius 3 is 2.94 bits per heavy atom. The second-order valence-corrected chi connectivity index (χ2v) is 3.40. The number of carbonyl (C=O) groups is 1. The van der Waals surface area contributed by atoms with Crippen LogP contribution in [0.15, 0.2) is 18.3 Å². The molecule has 0 aliphatic rings. The number of aryl methyl sites for hydroxylation is 1. The van der Waals surface area contributed by atoms with E-state index in [1.807, 2.05) is 0 Å². The summed E-state index contributed by atoms with van der Waals surface area (Å²) in [4.78, 5) is 15.4. The van der Waals surface area contributed by atoms with Crippen LogP contribution in [0.4, 0.5) is 0 Å². The van der Waals surface area contributed by atoms with E-state index < -0.39 is 18.1 Å². The zero-order chi connectivity index (χ0) is 12.1. The molecule has 0 saturated heterocycles. The van der Waals surface area contributed by atoms with Crippen LogP contribution < -0.4 is 5.73 Å². The number of hydrogen-bond donors (Lipinski definition) is 2. The topological polar surface area (TPSA) is 85.4 Å². The maximum absolute atomic E-state index is 11.3. The Hall–Kier alpha value is -1.46. The zero-order valence-corrected chi connectivity index (χ0v) is 9.38. The van der Waals surface area contributed by atoms with Gasteiger partial charge >= 0.3 is 5.97 Å². The van der Waals surface area contributed by atoms with E-state index in [9.17, 15) is 9.90 Å². The van der Waals surface area contributed by atoms with E-state index in [1.165, 1.54) is 0 Å². The molecule has 3 N–H and O–H groups in total. The van der Waals surface area contributed by atoms with E-state index in [-0.39, 0.29) is 6.61 Å². The van der Waals surface area contributed by atoms with E-state index in [4.69, 9.17) is 10.5 Å². The largest absolute Gasteiger partial charge is 0.465 e. The Kier molecular flexibility index (Phi) is 4.39. The lowest BCUT2D eigenvalue weighted by Crippen LogP contribution is -2.38. The number of nitrogens with two attached hydrogens (primary N) is 1. The summed E-state index contributed by atoms with van der Waals surface area (Å²) in [5.74, 6) is -0.613. The average Bonchev–Trinajstić information content (AvgIpc) is 2.28. The number of rotatable bonds is 4. The van der Waals surface area contributed by atoms with Crippen molar-refractivity contribution < 1.29 is 14.6 Å². The zero-order valence-electron chi connectivity index (χ0n) is 9.38. The molecule has 0 bridgehead atoms.